The van der Waals surface area contributed by atoms with Crippen molar-refractivity contribution in [2.24, 2.45) is 0 Å². The molecule has 0 bridgehead atoms. The molecule has 0 saturated heterocycles. The third-order valence-corrected chi connectivity index (χ3v) is 4.42. The maximum atomic E-state index is 10.4. The van der Waals surface area contributed by atoms with Crippen molar-refractivity contribution in [3.63, 3.8) is 0 Å². The number of hydrogen-bond acceptors (Lipinski definition) is 4. The van der Waals surface area contributed by atoms with E-state index in [4.69, 9.17) is 11.5 Å². The molecule has 128 valence electrons. The highest BCUT2D eigenvalue weighted by molar-refractivity contribution is 5.55. The van der Waals surface area contributed by atoms with Gasteiger partial charge in [-0.25, -0.2) is 0 Å². The maximum Gasteiger partial charge on any atom is 0.125 e. The smallest absolute Gasteiger partial charge is 0.125 e. The molecule has 0 unspecified atom stereocenters. The summed E-state index contributed by atoms with van der Waals surface area (Å²) in [4.78, 5) is 0. The number of aromatic hydroxyl groups is 2. The van der Waals surface area contributed by atoms with Gasteiger partial charge >= 0.3 is 0 Å². The molecule has 0 spiro atoms. The summed E-state index contributed by atoms with van der Waals surface area (Å²) < 4.78 is 0. The zero-order valence-corrected chi connectivity index (χ0v) is 14.2. The second-order valence-electron chi connectivity index (χ2n) is 6.35. The first-order chi connectivity index (χ1) is 11.9. The van der Waals surface area contributed by atoms with Gasteiger partial charge in [0.05, 0.1) is 0 Å². The standard InChI is InChI=1S/C21H22N2O2/c1-13-20(24)16(10-14-2-6-18(22)7-3-14)12-17(21(13)25)11-15-4-8-19(23)9-5-15/h2-9,12,24-25H,10-11,22-23H2,1H3. The predicted octanol–water partition coefficient (Wildman–Crippen LogP) is 3.75. The first-order valence-corrected chi connectivity index (χ1v) is 8.16. The highest BCUT2D eigenvalue weighted by Crippen LogP contribution is 2.35. The minimum Gasteiger partial charge on any atom is -0.507 e. The third-order valence-electron chi connectivity index (χ3n) is 4.42. The van der Waals surface area contributed by atoms with Crippen molar-refractivity contribution < 1.29 is 10.2 Å². The van der Waals surface area contributed by atoms with Crippen LogP contribution in [0.1, 0.15) is 27.8 Å². The zero-order valence-electron chi connectivity index (χ0n) is 14.2. The molecule has 3 aromatic carbocycles. The molecule has 0 fully saturated rings. The Labute approximate surface area is 147 Å². The Balaban J connectivity index is 1.94. The number of nitrogens with two attached hydrogens (primary N) is 2. The Hall–Kier alpha value is -3.14. The monoisotopic (exact) mass is 334 g/mol. The summed E-state index contributed by atoms with van der Waals surface area (Å²) in [6.45, 7) is 1.73. The van der Waals surface area contributed by atoms with Crippen LogP contribution >= 0.6 is 0 Å². The molecule has 3 rings (SSSR count). The van der Waals surface area contributed by atoms with Crippen molar-refractivity contribution >= 4 is 11.4 Å². The van der Waals surface area contributed by atoms with E-state index in [1.165, 1.54) is 0 Å². The molecule has 0 amide bonds. The van der Waals surface area contributed by atoms with Gasteiger partial charge in [0, 0.05) is 29.8 Å². The largest absolute Gasteiger partial charge is 0.507 e. The van der Waals surface area contributed by atoms with E-state index in [9.17, 15) is 10.2 Å². The molecular formula is C21H22N2O2. The Morgan fingerprint density at radius 2 is 1.04 bits per heavy atom. The van der Waals surface area contributed by atoms with Crippen molar-refractivity contribution in [3.05, 3.63) is 82.4 Å². The topological polar surface area (TPSA) is 92.5 Å². The van der Waals surface area contributed by atoms with Gasteiger partial charge in [0.2, 0.25) is 0 Å². The van der Waals surface area contributed by atoms with Crippen LogP contribution in [0.25, 0.3) is 0 Å². The van der Waals surface area contributed by atoms with Crippen molar-refractivity contribution in [2.75, 3.05) is 11.5 Å². The Morgan fingerprint density at radius 3 is 1.40 bits per heavy atom. The third kappa shape index (κ3) is 3.69. The molecule has 0 aliphatic rings. The molecule has 0 aromatic heterocycles. The molecule has 4 nitrogen and oxygen atoms in total. The van der Waals surface area contributed by atoms with Crippen LogP contribution in [0.5, 0.6) is 11.5 Å². The van der Waals surface area contributed by atoms with Crippen LogP contribution in [0.4, 0.5) is 11.4 Å². The van der Waals surface area contributed by atoms with Crippen molar-refractivity contribution in [2.45, 2.75) is 19.8 Å². The van der Waals surface area contributed by atoms with Gasteiger partial charge in [-0.2, -0.15) is 0 Å². The lowest BCUT2D eigenvalue weighted by Crippen LogP contribution is -1.97. The van der Waals surface area contributed by atoms with E-state index in [0.717, 1.165) is 22.3 Å². The van der Waals surface area contributed by atoms with E-state index >= 15 is 0 Å². The lowest BCUT2D eigenvalue weighted by Gasteiger charge is -2.14. The molecule has 0 atom stereocenters. The van der Waals surface area contributed by atoms with Gasteiger partial charge in [0.1, 0.15) is 11.5 Å². The quantitative estimate of drug-likeness (QED) is 0.547. The Morgan fingerprint density at radius 1 is 0.680 bits per heavy atom. The lowest BCUT2D eigenvalue weighted by atomic mass is 9.94. The van der Waals surface area contributed by atoms with E-state index in [2.05, 4.69) is 0 Å². The van der Waals surface area contributed by atoms with Crippen molar-refractivity contribution in [1.82, 2.24) is 0 Å². The summed E-state index contributed by atoms with van der Waals surface area (Å²) in [7, 11) is 0. The molecule has 3 aromatic rings. The number of phenolic OH excluding ortho intramolecular Hbond substituents is 2. The lowest BCUT2D eigenvalue weighted by molar-refractivity contribution is 0.436. The summed E-state index contributed by atoms with van der Waals surface area (Å²) in [5.41, 5.74) is 17.0. The molecule has 6 N–H and O–H groups in total. The summed E-state index contributed by atoms with van der Waals surface area (Å²) in [6.07, 6.45) is 1.14. The van der Waals surface area contributed by atoms with E-state index in [0.29, 0.717) is 29.8 Å². The van der Waals surface area contributed by atoms with Gasteiger partial charge in [0.25, 0.3) is 0 Å². The summed E-state index contributed by atoms with van der Waals surface area (Å²) in [5.74, 6) is 0.269. The molecule has 4 heteroatoms. The number of hydrogen-bond donors (Lipinski definition) is 4. The van der Waals surface area contributed by atoms with Gasteiger partial charge < -0.3 is 21.7 Å². The van der Waals surface area contributed by atoms with Crippen LogP contribution in [-0.4, -0.2) is 10.2 Å². The summed E-state index contributed by atoms with van der Waals surface area (Å²) >= 11 is 0. The summed E-state index contributed by atoms with van der Waals surface area (Å²) in [6, 6.07) is 17.0. The van der Waals surface area contributed by atoms with E-state index in [1.54, 1.807) is 6.92 Å². The van der Waals surface area contributed by atoms with Crippen LogP contribution in [0, 0.1) is 6.92 Å². The SMILES string of the molecule is Cc1c(O)c(Cc2ccc(N)cc2)cc(Cc2ccc(N)cc2)c1O. The highest BCUT2D eigenvalue weighted by Gasteiger charge is 2.15. The van der Waals surface area contributed by atoms with Gasteiger partial charge in [-0.3, -0.25) is 0 Å². The second kappa shape index (κ2) is 6.77. The number of nitrogen functional groups attached to an aromatic ring is 2. The molecule has 0 heterocycles. The zero-order chi connectivity index (χ0) is 18.0. The average molecular weight is 334 g/mol. The van der Waals surface area contributed by atoms with E-state index < -0.39 is 0 Å². The van der Waals surface area contributed by atoms with Gasteiger partial charge in [-0.05, 0) is 59.5 Å². The fourth-order valence-corrected chi connectivity index (χ4v) is 2.92. The average Bonchev–Trinajstić information content (AvgIpc) is 2.61. The minimum absolute atomic E-state index is 0.135. The second-order valence-corrected chi connectivity index (χ2v) is 6.35. The summed E-state index contributed by atoms with van der Waals surface area (Å²) in [5, 5.41) is 20.8. The molecule has 0 radical (unpaired) electrons. The normalized spacial score (nSPS) is 10.8. The van der Waals surface area contributed by atoms with Gasteiger partial charge in [-0.1, -0.05) is 24.3 Å². The van der Waals surface area contributed by atoms with Crippen LogP contribution in [0.3, 0.4) is 0 Å². The minimum atomic E-state index is 0.135. The number of benzene rings is 3. The molecule has 25 heavy (non-hydrogen) atoms. The molecule has 0 saturated carbocycles. The maximum absolute atomic E-state index is 10.4. The predicted molar refractivity (Wildman–Crippen MR) is 102 cm³/mol. The van der Waals surface area contributed by atoms with E-state index in [-0.39, 0.29) is 11.5 Å². The number of phenols is 2. The van der Waals surface area contributed by atoms with Crippen LogP contribution in [0.2, 0.25) is 0 Å². The first-order valence-electron chi connectivity index (χ1n) is 8.16. The van der Waals surface area contributed by atoms with Gasteiger partial charge in [-0.15, -0.1) is 0 Å². The van der Waals surface area contributed by atoms with Crippen LogP contribution in [0.15, 0.2) is 54.6 Å². The Bertz CT molecular complexity index is 814. The number of anilines is 2. The van der Waals surface area contributed by atoms with Crippen molar-refractivity contribution in [3.8, 4) is 11.5 Å². The first kappa shape index (κ1) is 16.7. The Kier molecular flexibility index (Phi) is 4.52. The van der Waals surface area contributed by atoms with Gasteiger partial charge in [0.15, 0.2) is 0 Å². The molecule has 0 aliphatic carbocycles. The fraction of sp³-hybridized carbons (Fsp3) is 0.143. The van der Waals surface area contributed by atoms with Crippen molar-refractivity contribution in [1.29, 1.82) is 0 Å². The van der Waals surface area contributed by atoms with Crippen LogP contribution < -0.4 is 11.5 Å². The highest BCUT2D eigenvalue weighted by atomic mass is 16.3. The van der Waals surface area contributed by atoms with Crippen LogP contribution in [-0.2, 0) is 12.8 Å². The molecular weight excluding hydrogens is 312 g/mol. The fourth-order valence-electron chi connectivity index (χ4n) is 2.92. The molecule has 0 aliphatic heterocycles. The number of rotatable bonds is 4. The van der Waals surface area contributed by atoms with E-state index in [1.807, 2.05) is 54.6 Å².